The maximum Gasteiger partial charge on any atom is 0.273 e. The van der Waals surface area contributed by atoms with Crippen LogP contribution in [0.4, 0.5) is 0 Å². The van der Waals surface area contributed by atoms with Crippen LogP contribution in [0.15, 0.2) is 66.7 Å². The van der Waals surface area contributed by atoms with Crippen molar-refractivity contribution < 1.29 is 14.3 Å². The van der Waals surface area contributed by atoms with Crippen LogP contribution in [0.2, 0.25) is 5.02 Å². The van der Waals surface area contributed by atoms with E-state index in [1.165, 1.54) is 0 Å². The van der Waals surface area contributed by atoms with Crippen molar-refractivity contribution in [2.24, 2.45) is 0 Å². The molecule has 0 fully saturated rings. The lowest BCUT2D eigenvalue weighted by atomic mass is 9.95. The molecule has 1 unspecified atom stereocenters. The average molecular weight is 502 g/mol. The van der Waals surface area contributed by atoms with Gasteiger partial charge >= 0.3 is 0 Å². The highest BCUT2D eigenvalue weighted by atomic mass is 35.5. The SMILES string of the molecule is CCOc1ccc(C2c3c(-c4ccc(C)cc4)n[nH]c3C(=O)N2Cc2ccccc2Cl)cc1OCC. The number of aromatic amines is 1. The highest BCUT2D eigenvalue weighted by Gasteiger charge is 2.42. The molecule has 0 bridgehead atoms. The molecule has 0 spiro atoms. The van der Waals surface area contributed by atoms with E-state index in [1.807, 2.05) is 92.4 Å². The normalized spacial score (nSPS) is 14.7. The minimum absolute atomic E-state index is 0.118. The van der Waals surface area contributed by atoms with Gasteiger partial charge in [-0.1, -0.05) is 65.7 Å². The molecule has 1 amide bonds. The number of benzene rings is 3. The number of hydrogen-bond acceptors (Lipinski definition) is 4. The Kier molecular flexibility index (Phi) is 6.70. The van der Waals surface area contributed by atoms with Crippen molar-refractivity contribution in [1.29, 1.82) is 0 Å². The lowest BCUT2D eigenvalue weighted by Gasteiger charge is -2.27. The van der Waals surface area contributed by atoms with E-state index in [1.54, 1.807) is 0 Å². The van der Waals surface area contributed by atoms with Crippen molar-refractivity contribution in [3.8, 4) is 22.8 Å². The summed E-state index contributed by atoms with van der Waals surface area (Å²) in [5, 5.41) is 8.22. The molecule has 0 saturated carbocycles. The predicted molar refractivity (Wildman–Crippen MR) is 141 cm³/mol. The van der Waals surface area contributed by atoms with E-state index in [9.17, 15) is 4.79 Å². The zero-order valence-electron chi connectivity index (χ0n) is 20.5. The van der Waals surface area contributed by atoms with E-state index < -0.39 is 0 Å². The molecule has 1 atom stereocenters. The summed E-state index contributed by atoms with van der Waals surface area (Å²) in [5.74, 6) is 1.21. The molecule has 5 rings (SSSR count). The van der Waals surface area contributed by atoms with Crippen LogP contribution in [-0.4, -0.2) is 34.2 Å². The molecular formula is C29H28ClN3O3. The first-order valence-corrected chi connectivity index (χ1v) is 12.5. The third kappa shape index (κ3) is 4.33. The first-order valence-electron chi connectivity index (χ1n) is 12.1. The van der Waals surface area contributed by atoms with Gasteiger partial charge in [-0.05, 0) is 50.1 Å². The van der Waals surface area contributed by atoms with Gasteiger partial charge in [0.15, 0.2) is 11.5 Å². The van der Waals surface area contributed by atoms with Crippen LogP contribution < -0.4 is 9.47 Å². The summed E-state index contributed by atoms with van der Waals surface area (Å²) in [7, 11) is 0. The van der Waals surface area contributed by atoms with Gasteiger partial charge in [-0.3, -0.25) is 9.89 Å². The van der Waals surface area contributed by atoms with Crippen LogP contribution in [-0.2, 0) is 6.54 Å². The van der Waals surface area contributed by atoms with Gasteiger partial charge in [0.2, 0.25) is 0 Å². The van der Waals surface area contributed by atoms with E-state index in [4.69, 9.17) is 21.1 Å². The number of halogens is 1. The molecule has 184 valence electrons. The number of nitrogens with one attached hydrogen (secondary N) is 1. The molecule has 6 nitrogen and oxygen atoms in total. The van der Waals surface area contributed by atoms with E-state index in [2.05, 4.69) is 10.2 Å². The Morgan fingerprint density at radius 3 is 2.42 bits per heavy atom. The largest absolute Gasteiger partial charge is 0.490 e. The molecule has 1 aliphatic heterocycles. The van der Waals surface area contributed by atoms with Gasteiger partial charge in [0.25, 0.3) is 5.91 Å². The number of carbonyl (C=O) groups is 1. The Hall–Kier alpha value is -3.77. The summed E-state index contributed by atoms with van der Waals surface area (Å²) < 4.78 is 11.7. The van der Waals surface area contributed by atoms with Crippen molar-refractivity contribution in [1.82, 2.24) is 15.1 Å². The van der Waals surface area contributed by atoms with Gasteiger partial charge in [0, 0.05) is 22.7 Å². The monoisotopic (exact) mass is 501 g/mol. The first kappa shape index (κ1) is 23.9. The van der Waals surface area contributed by atoms with Crippen LogP contribution in [0.25, 0.3) is 11.3 Å². The summed E-state index contributed by atoms with van der Waals surface area (Å²) in [6.07, 6.45) is 0. The highest BCUT2D eigenvalue weighted by molar-refractivity contribution is 6.31. The summed E-state index contributed by atoms with van der Waals surface area (Å²) in [4.78, 5) is 15.6. The number of ether oxygens (including phenoxy) is 2. The Morgan fingerprint density at radius 2 is 1.69 bits per heavy atom. The zero-order valence-corrected chi connectivity index (χ0v) is 21.3. The number of carbonyl (C=O) groups excluding carboxylic acids is 1. The fourth-order valence-corrected chi connectivity index (χ4v) is 4.88. The average Bonchev–Trinajstić information content (AvgIpc) is 3.42. The highest BCUT2D eigenvalue weighted by Crippen LogP contribution is 2.45. The minimum atomic E-state index is -0.381. The summed E-state index contributed by atoms with van der Waals surface area (Å²) >= 11 is 6.50. The first-order chi connectivity index (χ1) is 17.5. The molecular weight excluding hydrogens is 474 g/mol. The van der Waals surface area contributed by atoms with Gasteiger partial charge in [0.1, 0.15) is 5.69 Å². The topological polar surface area (TPSA) is 67.5 Å². The lowest BCUT2D eigenvalue weighted by molar-refractivity contribution is 0.0730. The van der Waals surface area contributed by atoms with E-state index >= 15 is 0 Å². The van der Waals surface area contributed by atoms with Crippen LogP contribution in [0.3, 0.4) is 0 Å². The standard InChI is InChI=1S/C29H28ClN3O3/c1-4-35-23-15-14-20(16-24(23)36-5-2)28-25-26(19-12-10-18(3)11-13-19)31-32-27(25)29(34)33(28)17-21-8-6-7-9-22(21)30/h6-16,28H,4-5,17H2,1-3H3,(H,31,32). The van der Waals surface area contributed by atoms with Crippen molar-refractivity contribution in [3.05, 3.63) is 99.7 Å². The van der Waals surface area contributed by atoms with E-state index in [0.717, 1.165) is 33.5 Å². The molecule has 0 saturated heterocycles. The van der Waals surface area contributed by atoms with Crippen molar-refractivity contribution in [2.75, 3.05) is 13.2 Å². The Morgan fingerprint density at radius 1 is 0.972 bits per heavy atom. The van der Waals surface area contributed by atoms with Crippen LogP contribution in [0, 0.1) is 6.92 Å². The maximum absolute atomic E-state index is 13.7. The molecule has 1 N–H and O–H groups in total. The van der Waals surface area contributed by atoms with Crippen LogP contribution in [0.1, 0.15) is 52.6 Å². The number of aromatic nitrogens is 2. The van der Waals surface area contributed by atoms with Crippen LogP contribution in [0.5, 0.6) is 11.5 Å². The third-order valence-electron chi connectivity index (χ3n) is 6.37. The van der Waals surface area contributed by atoms with Gasteiger partial charge < -0.3 is 14.4 Å². The van der Waals surface area contributed by atoms with Crippen molar-refractivity contribution in [2.45, 2.75) is 33.4 Å². The minimum Gasteiger partial charge on any atom is -0.490 e. The molecule has 2 heterocycles. The quantitative estimate of drug-likeness (QED) is 0.296. The second-order valence-corrected chi connectivity index (χ2v) is 9.13. The Labute approximate surface area is 215 Å². The smallest absolute Gasteiger partial charge is 0.273 e. The van der Waals surface area contributed by atoms with Crippen LogP contribution >= 0.6 is 11.6 Å². The van der Waals surface area contributed by atoms with Gasteiger partial charge in [-0.25, -0.2) is 0 Å². The molecule has 3 aromatic carbocycles. The maximum atomic E-state index is 13.7. The Balaban J connectivity index is 1.66. The lowest BCUT2D eigenvalue weighted by Crippen LogP contribution is -2.29. The molecule has 1 aromatic heterocycles. The molecule has 4 aromatic rings. The summed E-state index contributed by atoms with van der Waals surface area (Å²) in [5.41, 5.74) is 6.01. The number of hydrogen-bond donors (Lipinski definition) is 1. The molecule has 0 aliphatic carbocycles. The van der Waals surface area contributed by atoms with Gasteiger partial charge in [-0.15, -0.1) is 0 Å². The molecule has 7 heteroatoms. The van der Waals surface area contributed by atoms with Gasteiger partial charge in [0.05, 0.1) is 24.9 Å². The molecule has 0 radical (unpaired) electrons. The second kappa shape index (κ2) is 10.1. The molecule has 1 aliphatic rings. The number of nitrogens with zero attached hydrogens (tertiary/aromatic N) is 2. The number of fused-ring (bicyclic) bond motifs is 1. The summed E-state index contributed by atoms with van der Waals surface area (Å²) in [6, 6.07) is 21.3. The molecule has 36 heavy (non-hydrogen) atoms. The summed E-state index contributed by atoms with van der Waals surface area (Å²) in [6.45, 7) is 7.32. The van der Waals surface area contributed by atoms with E-state index in [-0.39, 0.29) is 11.9 Å². The van der Waals surface area contributed by atoms with Crippen molar-refractivity contribution >= 4 is 17.5 Å². The fraction of sp³-hybridized carbons (Fsp3) is 0.241. The zero-order chi connectivity index (χ0) is 25.2. The number of amides is 1. The number of rotatable bonds is 8. The fourth-order valence-electron chi connectivity index (χ4n) is 4.69. The number of H-pyrrole nitrogens is 1. The predicted octanol–water partition coefficient (Wildman–Crippen LogP) is 6.58. The van der Waals surface area contributed by atoms with E-state index in [0.29, 0.717) is 42.0 Å². The third-order valence-corrected chi connectivity index (χ3v) is 6.74. The second-order valence-electron chi connectivity index (χ2n) is 8.73. The number of aryl methyl sites for hydroxylation is 1. The van der Waals surface area contributed by atoms with Gasteiger partial charge in [-0.2, -0.15) is 5.10 Å². The van der Waals surface area contributed by atoms with Crippen molar-refractivity contribution in [3.63, 3.8) is 0 Å². The Bertz CT molecular complexity index is 1400.